The molecule has 136 heavy (non-hydrogen) atoms. The molecule has 0 amide bonds. The molecule has 0 radical (unpaired) electrons. The molecular weight excluding hydrogens is 1670 g/mol. The number of furan rings is 4. The first-order valence-electron chi connectivity index (χ1n) is 45.5. The van der Waals surface area contributed by atoms with E-state index in [9.17, 15) is 0 Å². The summed E-state index contributed by atoms with van der Waals surface area (Å²) in [6, 6.07) is 141. The number of hydrogen-bond donors (Lipinski definition) is 0. The van der Waals surface area contributed by atoms with Gasteiger partial charge < -0.3 is 17.7 Å². The lowest BCUT2D eigenvalue weighted by Crippen LogP contribution is -2.15. The maximum Gasteiger partial charge on any atom is 0.238 e. The highest BCUT2D eigenvalue weighted by Crippen LogP contribution is 2.51. The van der Waals surface area contributed by atoms with Gasteiger partial charge in [0.2, 0.25) is 17.8 Å². The molecule has 10 heterocycles. The van der Waals surface area contributed by atoms with Crippen LogP contribution in [0.2, 0.25) is 0 Å². The smallest absolute Gasteiger partial charge is 0.238 e. The van der Waals surface area contributed by atoms with Crippen LogP contribution >= 0.6 is 0 Å². The number of nitrogens with zero attached hydrogens (tertiary/aromatic N) is 12. The standard InChI is InChI=1S/C42H28N4O.C39H22N4O2.C39H24N4O/c1-42(2)32-17-9-6-14-27(32)28-21-20-26(24-33(28)42)40-43-39(25-12-4-3-5-13-25)44-41(45-40)46-34-18-10-7-16-31(34)37-35(46)23-22-30-29-15-8-11-19-36(29)47-38(30)37;1-2-10-23(11-3-1)37-40-38(24-18-21-34-29(22-24)26-13-6-8-16-32(26)44-34)42-39(41-37)43-30-15-7-4-14-28(30)35-31(43)20-19-27-25-12-5-9-17-33(25)45-36(27)35;1-3-11-25(12-4-1)26-19-21-28(22-20-26)38-40-37(27-13-5-2-6-14-27)41-39(42-38)43-32-17-9-7-16-31(32)35-33(43)24-23-30-29-15-8-10-18-34(29)44-36(30)35/h3-24H,1-2H3;1-22H;1-24H. The van der Waals surface area contributed by atoms with E-state index >= 15 is 0 Å². The Bertz CT molecular complexity index is 9730. The molecule has 0 unspecified atom stereocenters. The molecule has 0 N–H and O–H groups in total. The van der Waals surface area contributed by atoms with Gasteiger partial charge in [-0.25, -0.2) is 15.0 Å². The van der Waals surface area contributed by atoms with Crippen LogP contribution in [0.15, 0.2) is 430 Å². The largest absolute Gasteiger partial charge is 0.456 e. The Morgan fingerprint density at radius 1 is 0.184 bits per heavy atom. The van der Waals surface area contributed by atoms with E-state index in [1.807, 2.05) is 164 Å². The van der Waals surface area contributed by atoms with Gasteiger partial charge in [0.15, 0.2) is 34.9 Å². The number of rotatable bonds is 10. The molecule has 0 bridgehead atoms. The molecule has 638 valence electrons. The Morgan fingerprint density at radius 3 is 0.875 bits per heavy atom. The summed E-state index contributed by atoms with van der Waals surface area (Å²) in [7, 11) is 0. The Balaban J connectivity index is 0.000000103. The second-order valence-electron chi connectivity index (χ2n) is 35.0. The van der Waals surface area contributed by atoms with E-state index in [0.717, 1.165) is 192 Å². The summed E-state index contributed by atoms with van der Waals surface area (Å²) < 4.78 is 32.0. The molecule has 0 aliphatic heterocycles. The van der Waals surface area contributed by atoms with Crippen LogP contribution in [-0.4, -0.2) is 58.6 Å². The van der Waals surface area contributed by atoms with Crippen molar-refractivity contribution in [3.8, 4) is 108 Å². The Hall–Kier alpha value is -18.4. The predicted molar refractivity (Wildman–Crippen MR) is 547 cm³/mol. The molecule has 0 spiro atoms. The second-order valence-corrected chi connectivity index (χ2v) is 35.0. The lowest BCUT2D eigenvalue weighted by Gasteiger charge is -2.21. The zero-order valence-corrected chi connectivity index (χ0v) is 73.3. The highest BCUT2D eigenvalue weighted by atomic mass is 16.3. The van der Waals surface area contributed by atoms with Crippen LogP contribution in [0.3, 0.4) is 0 Å². The molecule has 29 rings (SSSR count). The van der Waals surface area contributed by atoms with Gasteiger partial charge in [-0.15, -0.1) is 0 Å². The van der Waals surface area contributed by atoms with Gasteiger partial charge in [0, 0.05) is 98.0 Å². The summed E-state index contributed by atoms with van der Waals surface area (Å²) >= 11 is 0. The number of para-hydroxylation sites is 7. The van der Waals surface area contributed by atoms with E-state index in [1.54, 1.807) is 0 Å². The molecule has 1 aliphatic carbocycles. The average Bonchev–Trinajstić information content (AvgIpc) is 1.58. The first kappa shape index (κ1) is 77.5. The van der Waals surface area contributed by atoms with Gasteiger partial charge in [-0.2, -0.15) is 29.9 Å². The van der Waals surface area contributed by atoms with E-state index < -0.39 is 0 Å². The summed E-state index contributed by atoms with van der Waals surface area (Å²) in [5.41, 5.74) is 25.8. The van der Waals surface area contributed by atoms with Gasteiger partial charge in [0.05, 0.1) is 49.3 Å². The van der Waals surface area contributed by atoms with Crippen LogP contribution in [0.1, 0.15) is 25.0 Å². The molecule has 0 atom stereocenters. The molecule has 16 heteroatoms. The first-order chi connectivity index (χ1) is 67.2. The first-order valence-corrected chi connectivity index (χ1v) is 45.5. The Kier molecular flexibility index (Phi) is 17.6. The highest BCUT2D eigenvalue weighted by molar-refractivity contribution is 6.27. The molecule has 0 fully saturated rings. The van der Waals surface area contributed by atoms with Gasteiger partial charge >= 0.3 is 0 Å². The minimum atomic E-state index is -0.134. The van der Waals surface area contributed by atoms with Crippen molar-refractivity contribution in [2.45, 2.75) is 19.3 Å². The van der Waals surface area contributed by atoms with E-state index in [1.165, 1.54) is 27.8 Å². The van der Waals surface area contributed by atoms with Gasteiger partial charge in [-0.1, -0.05) is 323 Å². The second kappa shape index (κ2) is 30.9. The third-order valence-corrected chi connectivity index (χ3v) is 26.8. The van der Waals surface area contributed by atoms with Crippen LogP contribution in [0.5, 0.6) is 0 Å². The monoisotopic (exact) mass is 1750 g/mol. The summed E-state index contributed by atoms with van der Waals surface area (Å²) in [6.07, 6.45) is 0. The summed E-state index contributed by atoms with van der Waals surface area (Å²) in [5.74, 6) is 5.35. The van der Waals surface area contributed by atoms with Crippen molar-refractivity contribution >= 4 is 153 Å². The zero-order valence-electron chi connectivity index (χ0n) is 73.3. The van der Waals surface area contributed by atoms with Crippen LogP contribution in [-0.2, 0) is 5.41 Å². The maximum atomic E-state index is 6.53. The molecule has 0 saturated heterocycles. The molecule has 16 nitrogen and oxygen atoms in total. The summed E-state index contributed by atoms with van der Waals surface area (Å²) in [4.78, 5) is 45.8. The van der Waals surface area contributed by atoms with Crippen LogP contribution < -0.4 is 0 Å². The van der Waals surface area contributed by atoms with E-state index in [-0.39, 0.29) is 5.41 Å². The molecule has 10 aromatic heterocycles. The summed E-state index contributed by atoms with van der Waals surface area (Å²) in [6.45, 7) is 4.60. The molecule has 28 aromatic rings. The Labute approximate surface area is 775 Å². The van der Waals surface area contributed by atoms with E-state index in [0.29, 0.717) is 52.8 Å². The van der Waals surface area contributed by atoms with Gasteiger partial charge in [-0.3, -0.25) is 13.7 Å². The fourth-order valence-corrected chi connectivity index (χ4v) is 20.4. The van der Waals surface area contributed by atoms with Crippen molar-refractivity contribution in [2.24, 2.45) is 0 Å². The van der Waals surface area contributed by atoms with Crippen molar-refractivity contribution in [1.29, 1.82) is 0 Å². The van der Waals surface area contributed by atoms with Gasteiger partial charge in [0.25, 0.3) is 0 Å². The van der Waals surface area contributed by atoms with Crippen LogP contribution in [0.4, 0.5) is 0 Å². The lowest BCUT2D eigenvalue weighted by atomic mass is 9.82. The third kappa shape index (κ3) is 12.5. The van der Waals surface area contributed by atoms with Crippen molar-refractivity contribution in [3.05, 3.63) is 424 Å². The molecule has 1 aliphatic rings. The number of aromatic nitrogens is 12. The Morgan fingerprint density at radius 2 is 0.463 bits per heavy atom. The molecule has 0 saturated carbocycles. The SMILES string of the molecule is CC1(C)c2ccccc2-c2ccc(-c3nc(-c4ccccc4)nc(-n4c5ccccc5c5c6oc7ccccc7c6ccc54)n3)cc21.c1ccc(-c2ccc(-c3nc(-c4ccccc4)nc(-n4c5ccccc5c5c6oc7ccccc7c6ccc54)n3)cc2)cc1.c1ccc(-c2nc(-c3ccc4oc5ccccc5c4c3)nc(-n3c4ccccc4c4c5oc6ccccc6c5ccc43)n2)cc1. The minimum absolute atomic E-state index is 0.134. The number of hydrogen-bond acceptors (Lipinski definition) is 13. The van der Waals surface area contributed by atoms with E-state index in [2.05, 4.69) is 276 Å². The maximum absolute atomic E-state index is 6.53. The molecule has 18 aromatic carbocycles. The van der Waals surface area contributed by atoms with E-state index in [4.69, 9.17) is 62.5 Å². The van der Waals surface area contributed by atoms with Crippen molar-refractivity contribution in [2.75, 3.05) is 0 Å². The number of benzene rings is 18. The quantitative estimate of drug-likeness (QED) is 0.126. The van der Waals surface area contributed by atoms with Gasteiger partial charge in [-0.05, 0) is 137 Å². The van der Waals surface area contributed by atoms with Crippen molar-refractivity contribution in [3.63, 3.8) is 0 Å². The summed E-state index contributed by atoms with van der Waals surface area (Å²) in [5, 5.41) is 15.1. The van der Waals surface area contributed by atoms with Crippen LogP contribution in [0, 0.1) is 0 Å². The lowest BCUT2D eigenvalue weighted by molar-refractivity contribution is 0.660. The minimum Gasteiger partial charge on any atom is -0.456 e. The topological polar surface area (TPSA) is 183 Å². The number of fused-ring (bicyclic) bond motifs is 27. The van der Waals surface area contributed by atoms with Crippen molar-refractivity contribution in [1.82, 2.24) is 58.6 Å². The fourth-order valence-electron chi connectivity index (χ4n) is 20.4. The zero-order chi connectivity index (χ0) is 89.8. The fraction of sp³-hybridized carbons (Fsp3) is 0.0250. The highest BCUT2D eigenvalue weighted by Gasteiger charge is 2.36. The normalized spacial score (nSPS) is 12.4. The molecular formula is C120H74N12O4. The van der Waals surface area contributed by atoms with Crippen molar-refractivity contribution < 1.29 is 17.7 Å². The van der Waals surface area contributed by atoms with Crippen LogP contribution in [0.25, 0.3) is 262 Å². The third-order valence-electron chi connectivity index (χ3n) is 26.8. The average molecular weight is 1750 g/mol. The van der Waals surface area contributed by atoms with Gasteiger partial charge in [0.1, 0.15) is 44.7 Å². The predicted octanol–water partition coefficient (Wildman–Crippen LogP) is 30.5.